The summed E-state index contributed by atoms with van der Waals surface area (Å²) in [4.78, 5) is 27.7. The molecule has 1 aromatic heterocycles. The molecule has 1 atom stereocenters. The van der Waals surface area contributed by atoms with Gasteiger partial charge in [-0.3, -0.25) is 9.78 Å². The minimum Gasteiger partial charge on any atom is -0.490 e. The van der Waals surface area contributed by atoms with Gasteiger partial charge in [-0.2, -0.15) is 0 Å². The van der Waals surface area contributed by atoms with E-state index < -0.39 is 17.9 Å². The number of nitrogens with zero attached hydrogens (tertiary/aromatic N) is 1. The van der Waals surface area contributed by atoms with E-state index in [9.17, 15) is 14.7 Å². The highest BCUT2D eigenvalue weighted by atomic mass is 16.5. The molecule has 0 fully saturated rings. The smallest absolute Gasteiger partial charge is 0.326 e. The molecule has 0 radical (unpaired) electrons. The van der Waals surface area contributed by atoms with Crippen molar-refractivity contribution in [2.45, 2.75) is 39.3 Å². The molecule has 2 rings (SSSR count). The third kappa shape index (κ3) is 5.99. The van der Waals surface area contributed by atoms with Gasteiger partial charge in [0.2, 0.25) is 0 Å². The number of amides is 1. The van der Waals surface area contributed by atoms with Crippen LogP contribution in [0.2, 0.25) is 0 Å². The highest BCUT2D eigenvalue weighted by Crippen LogP contribution is 2.29. The fourth-order valence-electron chi connectivity index (χ4n) is 2.47. The van der Waals surface area contributed by atoms with E-state index in [1.807, 2.05) is 26.0 Å². The van der Waals surface area contributed by atoms with Crippen molar-refractivity contribution >= 4 is 11.9 Å². The van der Waals surface area contributed by atoms with E-state index in [1.165, 1.54) is 0 Å². The fourth-order valence-corrected chi connectivity index (χ4v) is 2.47. The van der Waals surface area contributed by atoms with Crippen LogP contribution in [0.4, 0.5) is 0 Å². The molecule has 7 nitrogen and oxygen atoms in total. The zero-order valence-electron chi connectivity index (χ0n) is 15.5. The topological polar surface area (TPSA) is 97.8 Å². The molecule has 2 aromatic rings. The predicted octanol–water partition coefficient (Wildman–Crippen LogP) is 3.04. The number of nitrogens with one attached hydrogen (secondary N) is 1. The Kier molecular flexibility index (Phi) is 7.61. The first-order valence-corrected chi connectivity index (χ1v) is 8.87. The first kappa shape index (κ1) is 20.2. The van der Waals surface area contributed by atoms with Crippen LogP contribution >= 0.6 is 0 Å². The summed E-state index contributed by atoms with van der Waals surface area (Å²) >= 11 is 0. The van der Waals surface area contributed by atoms with Crippen molar-refractivity contribution in [2.24, 2.45) is 0 Å². The van der Waals surface area contributed by atoms with E-state index in [4.69, 9.17) is 9.47 Å². The van der Waals surface area contributed by atoms with Gasteiger partial charge in [-0.05, 0) is 37.6 Å². The van der Waals surface area contributed by atoms with Crippen LogP contribution in [0.3, 0.4) is 0 Å². The number of carbonyl (C=O) groups excluding carboxylic acids is 1. The van der Waals surface area contributed by atoms with E-state index in [0.717, 1.165) is 5.56 Å². The standard InChI is InChI=1S/C20H24N2O5/c1-3-6-16(20(24)25)22-19(23)15-8-9-17(18(11-15)26-4-2)27-13-14-7-5-10-21-12-14/h5,7-12,16H,3-4,6,13H2,1-2H3,(H,22,23)(H,24,25). The summed E-state index contributed by atoms with van der Waals surface area (Å²) in [6, 6.07) is 7.59. The Balaban J connectivity index is 2.13. The van der Waals surface area contributed by atoms with Gasteiger partial charge in [-0.25, -0.2) is 4.79 Å². The molecule has 1 amide bonds. The molecule has 0 aliphatic heterocycles. The molecular weight excluding hydrogens is 348 g/mol. The Morgan fingerprint density at radius 2 is 2.00 bits per heavy atom. The maximum atomic E-state index is 12.4. The van der Waals surface area contributed by atoms with Gasteiger partial charge < -0.3 is 19.9 Å². The average molecular weight is 372 g/mol. The van der Waals surface area contributed by atoms with Crippen molar-refractivity contribution < 1.29 is 24.2 Å². The quantitative estimate of drug-likeness (QED) is 0.665. The molecule has 144 valence electrons. The molecule has 0 saturated heterocycles. The lowest BCUT2D eigenvalue weighted by molar-refractivity contribution is -0.139. The lowest BCUT2D eigenvalue weighted by atomic mass is 10.1. The molecule has 0 bridgehead atoms. The van der Waals surface area contributed by atoms with Gasteiger partial charge in [-0.1, -0.05) is 19.4 Å². The molecular formula is C20H24N2O5. The largest absolute Gasteiger partial charge is 0.490 e. The predicted molar refractivity (Wildman–Crippen MR) is 100.0 cm³/mol. The van der Waals surface area contributed by atoms with Gasteiger partial charge in [-0.15, -0.1) is 0 Å². The Morgan fingerprint density at radius 3 is 2.63 bits per heavy atom. The number of ether oxygens (including phenoxy) is 2. The van der Waals surface area contributed by atoms with Crippen LogP contribution in [0.15, 0.2) is 42.7 Å². The zero-order chi connectivity index (χ0) is 19.6. The van der Waals surface area contributed by atoms with E-state index in [1.54, 1.807) is 30.6 Å². The number of hydrogen-bond donors (Lipinski definition) is 2. The second-order valence-corrected chi connectivity index (χ2v) is 5.90. The summed E-state index contributed by atoms with van der Waals surface area (Å²) in [5.74, 6) is -0.584. The second kappa shape index (κ2) is 10.2. The zero-order valence-corrected chi connectivity index (χ0v) is 15.5. The van der Waals surface area contributed by atoms with Crippen molar-refractivity contribution in [1.82, 2.24) is 10.3 Å². The number of rotatable bonds is 10. The Bertz CT molecular complexity index is 764. The monoisotopic (exact) mass is 372 g/mol. The van der Waals surface area contributed by atoms with E-state index in [0.29, 0.717) is 43.1 Å². The summed E-state index contributed by atoms with van der Waals surface area (Å²) < 4.78 is 11.4. The van der Waals surface area contributed by atoms with E-state index >= 15 is 0 Å². The highest BCUT2D eigenvalue weighted by molar-refractivity contribution is 5.97. The number of hydrogen-bond acceptors (Lipinski definition) is 5. The van der Waals surface area contributed by atoms with Gasteiger partial charge in [0, 0.05) is 23.5 Å². The normalized spacial score (nSPS) is 11.5. The minimum absolute atomic E-state index is 0.314. The fraction of sp³-hybridized carbons (Fsp3) is 0.350. The number of benzene rings is 1. The minimum atomic E-state index is -1.05. The van der Waals surface area contributed by atoms with Crippen molar-refractivity contribution in [1.29, 1.82) is 0 Å². The third-order valence-corrected chi connectivity index (χ3v) is 3.80. The number of aromatic nitrogens is 1. The second-order valence-electron chi connectivity index (χ2n) is 5.90. The Labute approximate surface area is 158 Å². The summed E-state index contributed by atoms with van der Waals surface area (Å²) in [6.45, 7) is 4.42. The molecule has 0 spiro atoms. The molecule has 1 heterocycles. The number of pyridine rings is 1. The number of carbonyl (C=O) groups is 2. The van der Waals surface area contributed by atoms with Crippen molar-refractivity contribution in [3.8, 4) is 11.5 Å². The first-order valence-electron chi connectivity index (χ1n) is 8.87. The van der Waals surface area contributed by atoms with Crippen LogP contribution in [0.1, 0.15) is 42.6 Å². The van der Waals surface area contributed by atoms with Crippen molar-refractivity contribution in [3.05, 3.63) is 53.9 Å². The molecule has 1 aromatic carbocycles. The summed E-state index contributed by atoms with van der Waals surface area (Å²) in [6.07, 6.45) is 4.42. The highest BCUT2D eigenvalue weighted by Gasteiger charge is 2.20. The Morgan fingerprint density at radius 1 is 1.19 bits per heavy atom. The number of carboxylic acid groups (broad SMARTS) is 1. The van der Waals surface area contributed by atoms with Crippen LogP contribution in [-0.2, 0) is 11.4 Å². The lowest BCUT2D eigenvalue weighted by Crippen LogP contribution is -2.40. The van der Waals surface area contributed by atoms with Crippen LogP contribution in [0.25, 0.3) is 0 Å². The van der Waals surface area contributed by atoms with Crippen LogP contribution in [-0.4, -0.2) is 34.6 Å². The average Bonchev–Trinajstić information content (AvgIpc) is 2.67. The number of aliphatic carboxylic acids is 1. The van der Waals surface area contributed by atoms with Gasteiger partial charge >= 0.3 is 5.97 Å². The molecule has 27 heavy (non-hydrogen) atoms. The third-order valence-electron chi connectivity index (χ3n) is 3.80. The van der Waals surface area contributed by atoms with Crippen LogP contribution < -0.4 is 14.8 Å². The Hall–Kier alpha value is -3.09. The summed E-state index contributed by atoms with van der Waals surface area (Å²) in [5, 5.41) is 11.7. The maximum Gasteiger partial charge on any atom is 0.326 e. The maximum absolute atomic E-state index is 12.4. The van der Waals surface area contributed by atoms with E-state index in [2.05, 4.69) is 10.3 Å². The van der Waals surface area contributed by atoms with Gasteiger partial charge in [0.15, 0.2) is 11.5 Å². The van der Waals surface area contributed by atoms with Gasteiger partial charge in [0.05, 0.1) is 6.61 Å². The van der Waals surface area contributed by atoms with Gasteiger partial charge in [0.1, 0.15) is 12.6 Å². The summed E-state index contributed by atoms with van der Waals surface area (Å²) in [7, 11) is 0. The molecule has 2 N–H and O–H groups in total. The van der Waals surface area contributed by atoms with Crippen molar-refractivity contribution in [3.63, 3.8) is 0 Å². The molecule has 0 aliphatic rings. The molecule has 7 heteroatoms. The molecule has 0 saturated carbocycles. The van der Waals surface area contributed by atoms with Crippen molar-refractivity contribution in [2.75, 3.05) is 6.61 Å². The van der Waals surface area contributed by atoms with E-state index in [-0.39, 0.29) is 0 Å². The van der Waals surface area contributed by atoms with Gasteiger partial charge in [0.25, 0.3) is 5.91 Å². The van der Waals surface area contributed by atoms with Crippen LogP contribution in [0, 0.1) is 0 Å². The lowest BCUT2D eigenvalue weighted by Gasteiger charge is -2.16. The molecule has 0 aliphatic carbocycles. The first-order chi connectivity index (χ1) is 13.0. The number of carboxylic acids is 1. The van der Waals surface area contributed by atoms with Crippen LogP contribution in [0.5, 0.6) is 11.5 Å². The molecule has 1 unspecified atom stereocenters. The SMILES string of the molecule is CCCC(NC(=O)c1ccc(OCc2cccnc2)c(OCC)c1)C(=O)O. The summed E-state index contributed by atoms with van der Waals surface area (Å²) in [5.41, 5.74) is 1.22.